The Bertz CT molecular complexity index is 2590. The van der Waals surface area contributed by atoms with E-state index in [1.165, 1.54) is 54.3 Å². The molecule has 0 unspecified atom stereocenters. The third-order valence-electron chi connectivity index (χ3n) is 10.1. The average molecular weight is 2490 g/mol. The Morgan fingerprint density at radius 3 is 1.43 bits per heavy atom. The van der Waals surface area contributed by atoms with Gasteiger partial charge in [0.1, 0.15) is 10.9 Å². The molecule has 0 atom stereocenters. The van der Waals surface area contributed by atoms with Gasteiger partial charge in [-0.05, 0) is 75.7 Å². The largest absolute Gasteiger partial charge is 1.00 e. The van der Waals surface area contributed by atoms with Crippen LogP contribution in [0.2, 0.25) is 15.5 Å². The minimum atomic E-state index is -0.765. The Balaban J connectivity index is -0.000000296. The van der Waals surface area contributed by atoms with E-state index in [1.54, 1.807) is 30.6 Å². The number of carbonyl (C=O) groups is 1. The number of nitrogens with zero attached hydrogens (tertiary/aromatic N) is 13. The third-order valence-corrected chi connectivity index (χ3v) is 11.7. The molecule has 0 saturated carbocycles. The summed E-state index contributed by atoms with van der Waals surface area (Å²) in [6, 6.07) is 11.0. The van der Waals surface area contributed by atoms with Crippen LogP contribution in [0.15, 0.2) is 73.6 Å². The van der Waals surface area contributed by atoms with E-state index in [9.17, 15) is 26.7 Å². The van der Waals surface area contributed by atoms with Crippen LogP contribution >= 0.6 is 46.1 Å². The van der Waals surface area contributed by atoms with Gasteiger partial charge in [0, 0.05) is 332 Å². The number of thiazole rings is 1. The Morgan fingerprint density at radius 2 is 1.02 bits per heavy atom. The van der Waals surface area contributed by atoms with E-state index < -0.39 is 17.5 Å². The van der Waals surface area contributed by atoms with Crippen molar-refractivity contribution in [1.82, 2.24) is 44.6 Å². The molecule has 3 fully saturated rings. The van der Waals surface area contributed by atoms with Crippen LogP contribution in [0.3, 0.4) is 0 Å². The van der Waals surface area contributed by atoms with Crippen LogP contribution in [0.5, 0.6) is 0 Å². The van der Waals surface area contributed by atoms with E-state index in [1.807, 2.05) is 6.07 Å². The van der Waals surface area contributed by atoms with Crippen molar-refractivity contribution in [1.29, 1.82) is 5.26 Å². The number of nitrogen functional groups attached to an aromatic ring is 1. The molecule has 0 aliphatic carbocycles. The normalized spacial score (nSPS) is 13.1. The Kier molecular flexibility index (Phi) is 65.7. The maximum atomic E-state index is 14.5. The summed E-state index contributed by atoms with van der Waals surface area (Å²) in [6.07, 6.45) is 9.21. The first kappa shape index (κ1) is 93.7. The number of halogens is 8. The summed E-state index contributed by atoms with van der Waals surface area (Å²) in [5.41, 5.74) is 7.15. The molecule has 0 aromatic carbocycles. The number of anilines is 3. The maximum absolute atomic E-state index is 14.5. The number of aldehydes is 1. The van der Waals surface area contributed by atoms with Gasteiger partial charge in [0.25, 0.3) is 0 Å². The number of carbonyl (C=O) groups excluding carboxylic acids is 1. The van der Waals surface area contributed by atoms with E-state index in [0.717, 1.165) is 78.5 Å². The number of hydrogen-bond acceptors (Lipinski definition) is 17. The van der Waals surface area contributed by atoms with Crippen molar-refractivity contribution in [2.24, 2.45) is 0 Å². The number of piperazine rings is 3. The molecule has 3 aliphatic heterocycles. The van der Waals surface area contributed by atoms with Gasteiger partial charge in [-0.15, -0.1) is 39.3 Å². The predicted octanol–water partition coefficient (Wildman–Crippen LogP) is 5.18. The van der Waals surface area contributed by atoms with Crippen molar-refractivity contribution >= 4 is 77.2 Å². The van der Waals surface area contributed by atoms with Gasteiger partial charge < -0.3 is 54.8 Å². The number of hydrogen-bond donors (Lipinski definition) is 5. The quantitative estimate of drug-likeness (QED) is 0.0312. The van der Waals surface area contributed by atoms with Crippen LogP contribution < -0.4 is 40.6 Å². The van der Waals surface area contributed by atoms with Crippen molar-refractivity contribution in [3.8, 4) is 6.07 Å². The molecule has 6 aromatic rings. The number of aromatic nitrogens is 6. The van der Waals surface area contributed by atoms with Gasteiger partial charge in [0.05, 0.1) is 11.8 Å². The molecular formula is C45H49Ac6BCl3F5N15NaO4S-3. The topological polar surface area (TPSA) is 269 Å². The van der Waals surface area contributed by atoms with E-state index in [0.29, 0.717) is 52.6 Å². The number of pyridine rings is 5. The van der Waals surface area contributed by atoms with Gasteiger partial charge in [-0.2, -0.15) is 5.26 Å². The molecule has 9 rings (SSSR count). The van der Waals surface area contributed by atoms with E-state index in [4.69, 9.17) is 61.3 Å². The van der Waals surface area contributed by atoms with Crippen molar-refractivity contribution < 1.29 is 336 Å². The number of nitriles is 1. The van der Waals surface area contributed by atoms with Gasteiger partial charge in [0.15, 0.2) is 67.6 Å². The van der Waals surface area contributed by atoms with Crippen LogP contribution in [-0.4, -0.2) is 153 Å². The summed E-state index contributed by atoms with van der Waals surface area (Å²) in [4.78, 5) is 39.4. The molecule has 415 valence electrons. The molecule has 6 N–H and O–H groups in total. The number of nitrogens with one attached hydrogen (secondary N) is 1. The van der Waals surface area contributed by atoms with Gasteiger partial charge >= 0.3 is 29.6 Å². The van der Waals surface area contributed by atoms with Gasteiger partial charge in [-0.3, -0.25) is 15.3 Å². The first-order valence-electron chi connectivity index (χ1n) is 21.8. The fourth-order valence-corrected chi connectivity index (χ4v) is 7.48. The van der Waals surface area contributed by atoms with Crippen LogP contribution in [0.4, 0.5) is 38.7 Å². The number of rotatable bonds is 9. The molecule has 0 bridgehead atoms. The Labute approximate surface area is 724 Å². The zero-order valence-electron chi connectivity index (χ0n) is 43.7. The van der Waals surface area contributed by atoms with E-state index >= 15 is 0 Å². The van der Waals surface area contributed by atoms with Crippen molar-refractivity contribution in [2.45, 2.75) is 19.6 Å². The smallest absolute Gasteiger partial charge is 0.715 e. The summed E-state index contributed by atoms with van der Waals surface area (Å²) < 4.78 is 66.3. The molecule has 6 aromatic heterocycles. The molecule has 36 heteroatoms. The zero-order chi connectivity index (χ0) is 54.3. The fraction of sp³-hybridized carbons (Fsp3) is 0.333. The fourth-order valence-electron chi connectivity index (χ4n) is 6.41. The molecule has 0 spiro atoms. The second kappa shape index (κ2) is 56.7. The van der Waals surface area contributed by atoms with Crippen LogP contribution in [0.25, 0.3) is 16.0 Å². The summed E-state index contributed by atoms with van der Waals surface area (Å²) in [5, 5.41) is 42.9. The monoisotopic (exact) mass is 2490 g/mol. The molecular weight excluding hydrogens is 2440 g/mol. The summed E-state index contributed by atoms with van der Waals surface area (Å²) in [6.45, 7) is 11.9. The second-order valence-corrected chi connectivity index (χ2v) is 17.0. The Hall–Kier alpha value is 4.01. The zero-order valence-corrected chi connectivity index (χ0v) is 77.3. The van der Waals surface area contributed by atoms with Crippen molar-refractivity contribution in [2.75, 3.05) is 89.6 Å². The van der Waals surface area contributed by atoms with Crippen LogP contribution in [0.1, 0.15) is 31.9 Å². The molecule has 81 heavy (non-hydrogen) atoms. The van der Waals surface area contributed by atoms with Gasteiger partial charge in [-0.1, -0.05) is 46.1 Å². The van der Waals surface area contributed by atoms with Crippen molar-refractivity contribution in [3.05, 3.63) is 161 Å². The first-order valence-corrected chi connectivity index (χ1v) is 23.8. The first-order chi connectivity index (χ1) is 35.9. The molecule has 0 amide bonds. The van der Waals surface area contributed by atoms with Gasteiger partial charge in [0.2, 0.25) is 0 Å². The minimum Gasteiger partial charge on any atom is -0.715 e. The second-order valence-electron chi connectivity index (χ2n) is 14.9. The molecule has 19 nitrogen and oxygen atoms in total. The van der Waals surface area contributed by atoms with Crippen LogP contribution in [0, 0.1) is 305 Å². The molecule has 9 heterocycles. The average Bonchev–Trinajstić information content (AvgIpc) is 3.90. The van der Waals surface area contributed by atoms with Gasteiger partial charge in [-0.25, -0.2) is 51.9 Å². The minimum absolute atomic E-state index is 0. The standard InChI is InChI=1S/C14H14FN6S.C10H12ClFN3.C10H14FN4.C6H3ClFNO.C5H3ClFN.6Ac.BHO.Na.H2O2/c15-12-10(9-21-5-3-17-4-6-21)1-2-18-13(12)20-14-19-8-11(7-16)22-14;11-10-9(12)8(1-2-14-10)7-15-5-3-13-4-6-15;11-9-8(1-2-14-10(9)12)7-15-5-3-13-4-6-15;7-6-5(8)4(3-10)1-2-9-6;6-5-4(7)2-1-3-8-5;;;;;;;1-2;;1-2/h1-2,8H,3-6,9H2,(H,18,19,20);1-2H,3-7H2;1-2H,3-7H2,(H2,12,14);1-3H;1-3H;;;;;;;2H;;1-2H/q3*-1;;;;;;;;;-1;+1;. The van der Waals surface area contributed by atoms with E-state index in [-0.39, 0.29) is 338 Å². The van der Waals surface area contributed by atoms with Crippen molar-refractivity contribution in [3.63, 3.8) is 0 Å². The molecule has 9 radical (unpaired) electrons. The summed E-state index contributed by atoms with van der Waals surface area (Å²) in [7, 11) is 3.50. The number of nitrogens with two attached hydrogens (primary N) is 1. The predicted molar refractivity (Wildman–Crippen MR) is 274 cm³/mol. The summed E-state index contributed by atoms with van der Waals surface area (Å²) >= 11 is 17.2. The van der Waals surface area contributed by atoms with E-state index in [2.05, 4.69) is 73.9 Å². The Morgan fingerprint density at radius 1 is 0.617 bits per heavy atom. The summed E-state index contributed by atoms with van der Waals surface area (Å²) in [5.74, 6) is -2.29. The SMILES string of the molecule is Fc1c(CN2CC[N-]CC2)ccnc1Cl.Fc1cccnc1Cl.N#Cc1cnc(Nc2nccc(CN3CC[N-]CC3)c2F)s1.Nc1nccc(CN2CC[N-]CC2)c1F.O=Cc1ccnc(Cl)c1F.OO.[Ac].[Ac].[Ac].[Ac].[Ac].[Ac].[B-]O.[Na+]. The maximum Gasteiger partial charge on any atom is 1.00 e. The molecule has 3 aliphatic rings. The van der Waals surface area contributed by atoms with Crippen LogP contribution in [-0.2, 0) is 19.6 Å². The molecule has 3 saturated heterocycles. The third kappa shape index (κ3) is 36.7.